The molecule has 0 aromatic carbocycles. The van der Waals surface area contributed by atoms with Crippen molar-refractivity contribution in [3.8, 4) is 0 Å². The number of hydrogen-bond donors (Lipinski definition) is 1. The molecule has 1 aliphatic heterocycles. The van der Waals surface area contributed by atoms with Gasteiger partial charge in [-0.2, -0.15) is 16.9 Å². The molecule has 1 fully saturated rings. The average Bonchev–Trinajstić information content (AvgIpc) is 2.77. The van der Waals surface area contributed by atoms with Crippen LogP contribution >= 0.6 is 11.8 Å². The lowest BCUT2D eigenvalue weighted by Gasteiger charge is -2.37. The standard InChI is InChI=1S/C12H22N4S/c1-3-11(13)12(10-8-14-15(2)9-10)16-4-6-17-7-5-16/h8-9,11-12H,3-7,13H2,1-2H3. The summed E-state index contributed by atoms with van der Waals surface area (Å²) in [6.45, 7) is 4.43. The Morgan fingerprint density at radius 3 is 2.71 bits per heavy atom. The molecule has 5 heteroatoms. The molecule has 0 aliphatic carbocycles. The normalized spacial score (nSPS) is 21.4. The topological polar surface area (TPSA) is 47.1 Å². The van der Waals surface area contributed by atoms with Gasteiger partial charge in [0, 0.05) is 49.4 Å². The molecule has 0 saturated carbocycles. The van der Waals surface area contributed by atoms with Gasteiger partial charge < -0.3 is 5.73 Å². The maximum absolute atomic E-state index is 6.30. The van der Waals surface area contributed by atoms with E-state index in [1.165, 1.54) is 17.1 Å². The molecule has 17 heavy (non-hydrogen) atoms. The zero-order valence-electron chi connectivity index (χ0n) is 10.7. The van der Waals surface area contributed by atoms with Gasteiger partial charge in [-0.15, -0.1) is 0 Å². The van der Waals surface area contributed by atoms with E-state index in [4.69, 9.17) is 5.73 Å². The fraction of sp³-hybridized carbons (Fsp3) is 0.750. The number of nitrogens with two attached hydrogens (primary N) is 1. The van der Waals surface area contributed by atoms with Crippen molar-refractivity contribution in [3.05, 3.63) is 18.0 Å². The molecule has 4 nitrogen and oxygen atoms in total. The molecule has 0 bridgehead atoms. The zero-order valence-corrected chi connectivity index (χ0v) is 11.5. The van der Waals surface area contributed by atoms with Crippen LogP contribution in [0.4, 0.5) is 0 Å². The van der Waals surface area contributed by atoms with Crippen LogP contribution in [-0.4, -0.2) is 45.3 Å². The molecule has 0 amide bonds. The third kappa shape index (κ3) is 3.03. The minimum Gasteiger partial charge on any atom is -0.326 e. The first-order valence-electron chi connectivity index (χ1n) is 6.28. The van der Waals surface area contributed by atoms with E-state index in [2.05, 4.69) is 23.1 Å². The van der Waals surface area contributed by atoms with Crippen LogP contribution in [0.1, 0.15) is 24.9 Å². The summed E-state index contributed by atoms with van der Waals surface area (Å²) in [6.07, 6.45) is 5.06. The van der Waals surface area contributed by atoms with Crippen LogP contribution in [0, 0.1) is 0 Å². The first-order valence-corrected chi connectivity index (χ1v) is 7.43. The Morgan fingerprint density at radius 1 is 1.47 bits per heavy atom. The lowest BCUT2D eigenvalue weighted by Crippen LogP contribution is -2.44. The van der Waals surface area contributed by atoms with Gasteiger partial charge in [0.15, 0.2) is 0 Å². The van der Waals surface area contributed by atoms with Gasteiger partial charge in [-0.05, 0) is 6.42 Å². The fourth-order valence-electron chi connectivity index (χ4n) is 2.40. The van der Waals surface area contributed by atoms with Gasteiger partial charge in [0.1, 0.15) is 0 Å². The molecule has 0 spiro atoms. The highest BCUT2D eigenvalue weighted by Crippen LogP contribution is 2.27. The number of hydrogen-bond acceptors (Lipinski definition) is 4. The van der Waals surface area contributed by atoms with E-state index < -0.39 is 0 Å². The highest BCUT2D eigenvalue weighted by molar-refractivity contribution is 7.99. The van der Waals surface area contributed by atoms with Crippen LogP contribution in [-0.2, 0) is 7.05 Å². The quantitative estimate of drug-likeness (QED) is 0.878. The van der Waals surface area contributed by atoms with E-state index in [1.807, 2.05) is 29.7 Å². The van der Waals surface area contributed by atoms with E-state index in [0.717, 1.165) is 19.5 Å². The van der Waals surface area contributed by atoms with Gasteiger partial charge in [-0.25, -0.2) is 0 Å². The van der Waals surface area contributed by atoms with Crippen LogP contribution < -0.4 is 5.73 Å². The molecule has 1 aromatic rings. The third-order valence-electron chi connectivity index (χ3n) is 3.38. The summed E-state index contributed by atoms with van der Waals surface area (Å²) < 4.78 is 1.86. The predicted octanol–water partition coefficient (Wildman–Crippen LogP) is 1.25. The molecular weight excluding hydrogens is 232 g/mol. The van der Waals surface area contributed by atoms with Gasteiger partial charge in [-0.1, -0.05) is 6.92 Å². The Balaban J connectivity index is 2.17. The van der Waals surface area contributed by atoms with E-state index in [9.17, 15) is 0 Å². The van der Waals surface area contributed by atoms with Crippen molar-refractivity contribution in [1.82, 2.24) is 14.7 Å². The van der Waals surface area contributed by atoms with E-state index in [-0.39, 0.29) is 6.04 Å². The van der Waals surface area contributed by atoms with Gasteiger partial charge in [-0.3, -0.25) is 9.58 Å². The lowest BCUT2D eigenvalue weighted by molar-refractivity contribution is 0.186. The monoisotopic (exact) mass is 254 g/mol. The molecule has 96 valence electrons. The molecule has 2 heterocycles. The van der Waals surface area contributed by atoms with Crippen molar-refractivity contribution in [2.75, 3.05) is 24.6 Å². The Hall–Kier alpha value is -0.520. The minimum atomic E-state index is 0.197. The van der Waals surface area contributed by atoms with Crippen molar-refractivity contribution in [3.63, 3.8) is 0 Å². The highest BCUT2D eigenvalue weighted by Gasteiger charge is 2.27. The van der Waals surface area contributed by atoms with Crippen LogP contribution in [0.2, 0.25) is 0 Å². The van der Waals surface area contributed by atoms with Crippen molar-refractivity contribution < 1.29 is 0 Å². The predicted molar refractivity (Wildman–Crippen MR) is 73.1 cm³/mol. The summed E-state index contributed by atoms with van der Waals surface area (Å²) in [5, 5.41) is 4.28. The van der Waals surface area contributed by atoms with Gasteiger partial charge in [0.05, 0.1) is 12.2 Å². The molecule has 1 aromatic heterocycles. The van der Waals surface area contributed by atoms with E-state index >= 15 is 0 Å². The van der Waals surface area contributed by atoms with Crippen LogP contribution in [0.15, 0.2) is 12.4 Å². The van der Waals surface area contributed by atoms with Crippen LogP contribution in [0.25, 0.3) is 0 Å². The van der Waals surface area contributed by atoms with Crippen LogP contribution in [0.3, 0.4) is 0 Å². The average molecular weight is 254 g/mol. The molecule has 2 unspecified atom stereocenters. The van der Waals surface area contributed by atoms with Crippen molar-refractivity contribution in [2.45, 2.75) is 25.4 Å². The lowest BCUT2D eigenvalue weighted by atomic mass is 9.99. The van der Waals surface area contributed by atoms with Crippen molar-refractivity contribution >= 4 is 11.8 Å². The zero-order chi connectivity index (χ0) is 12.3. The van der Waals surface area contributed by atoms with E-state index in [1.54, 1.807) is 0 Å². The summed E-state index contributed by atoms with van der Waals surface area (Å²) in [6, 6.07) is 0.525. The molecule has 1 aliphatic rings. The highest BCUT2D eigenvalue weighted by atomic mass is 32.2. The first kappa shape index (κ1) is 12.9. The Labute approximate surface area is 108 Å². The second-order valence-electron chi connectivity index (χ2n) is 4.61. The summed E-state index contributed by atoms with van der Waals surface area (Å²) in [5.74, 6) is 2.43. The number of nitrogens with zero attached hydrogens (tertiary/aromatic N) is 3. The maximum Gasteiger partial charge on any atom is 0.0538 e. The SMILES string of the molecule is CCC(N)C(c1cnn(C)c1)N1CCSCC1. The van der Waals surface area contributed by atoms with Gasteiger partial charge >= 0.3 is 0 Å². The molecule has 0 radical (unpaired) electrons. The summed E-state index contributed by atoms with van der Waals surface area (Å²) in [4.78, 5) is 2.52. The van der Waals surface area contributed by atoms with Crippen molar-refractivity contribution in [1.29, 1.82) is 0 Å². The second kappa shape index (κ2) is 5.89. The summed E-state index contributed by atoms with van der Waals surface area (Å²) in [5.41, 5.74) is 7.56. The van der Waals surface area contributed by atoms with E-state index in [0.29, 0.717) is 6.04 Å². The third-order valence-corrected chi connectivity index (χ3v) is 4.32. The number of rotatable bonds is 4. The molecule has 2 atom stereocenters. The Morgan fingerprint density at radius 2 is 2.18 bits per heavy atom. The molecular formula is C12H22N4S. The smallest absolute Gasteiger partial charge is 0.0538 e. The van der Waals surface area contributed by atoms with Gasteiger partial charge in [0.2, 0.25) is 0 Å². The second-order valence-corrected chi connectivity index (χ2v) is 5.84. The summed E-state index contributed by atoms with van der Waals surface area (Å²) in [7, 11) is 1.96. The number of aryl methyl sites for hydroxylation is 1. The number of thioether (sulfide) groups is 1. The fourth-order valence-corrected chi connectivity index (χ4v) is 3.33. The molecule has 2 rings (SSSR count). The maximum atomic E-state index is 6.30. The van der Waals surface area contributed by atoms with Gasteiger partial charge in [0.25, 0.3) is 0 Å². The molecule has 1 saturated heterocycles. The Kier molecular flexibility index (Phi) is 4.48. The largest absolute Gasteiger partial charge is 0.326 e. The number of aromatic nitrogens is 2. The minimum absolute atomic E-state index is 0.197. The van der Waals surface area contributed by atoms with Crippen molar-refractivity contribution in [2.24, 2.45) is 12.8 Å². The summed E-state index contributed by atoms with van der Waals surface area (Å²) >= 11 is 2.03. The Bertz CT molecular complexity index is 346. The molecule has 2 N–H and O–H groups in total. The first-order chi connectivity index (χ1) is 8.22. The van der Waals surface area contributed by atoms with Crippen LogP contribution in [0.5, 0.6) is 0 Å².